The molecule has 0 fully saturated rings. The van der Waals surface area contributed by atoms with Crippen LogP contribution in [0.2, 0.25) is 0 Å². The van der Waals surface area contributed by atoms with Crippen LogP contribution in [-0.4, -0.2) is 24.5 Å². The minimum atomic E-state index is -0.219. The summed E-state index contributed by atoms with van der Waals surface area (Å²) in [6.45, 7) is 10.4. The normalized spacial score (nSPS) is 17.4. The van der Waals surface area contributed by atoms with Gasteiger partial charge in [0, 0.05) is 24.9 Å². The third-order valence-electron chi connectivity index (χ3n) is 3.39. The number of carbonyl (C=O) groups is 1. The molecule has 0 spiro atoms. The quantitative estimate of drug-likeness (QED) is 0.687. The molecule has 0 aromatic heterocycles. The van der Waals surface area contributed by atoms with Gasteiger partial charge in [0.05, 0.1) is 0 Å². The second-order valence-electron chi connectivity index (χ2n) is 6.37. The number of halogens is 1. The average Bonchev–Trinajstić information content (AvgIpc) is 2.45. The molecule has 3 nitrogen and oxygen atoms in total. The summed E-state index contributed by atoms with van der Waals surface area (Å²) in [7, 11) is 0. The van der Waals surface area contributed by atoms with Crippen molar-refractivity contribution < 1.29 is 13.9 Å². The molecule has 0 radical (unpaired) electrons. The van der Waals surface area contributed by atoms with Crippen molar-refractivity contribution in [2.24, 2.45) is 5.92 Å². The zero-order chi connectivity index (χ0) is 16.7. The highest BCUT2D eigenvalue weighted by Crippen LogP contribution is 2.27. The van der Waals surface area contributed by atoms with Crippen molar-refractivity contribution in [3.8, 4) is 0 Å². The van der Waals surface area contributed by atoms with Crippen molar-refractivity contribution in [1.29, 1.82) is 0 Å². The van der Waals surface area contributed by atoms with Gasteiger partial charge in [0.25, 0.3) is 0 Å². The largest absolute Gasteiger partial charge is 0.487 e. The van der Waals surface area contributed by atoms with Crippen LogP contribution in [0.5, 0.6) is 0 Å². The molecule has 0 aromatic rings. The molecule has 1 aliphatic carbocycles. The van der Waals surface area contributed by atoms with Gasteiger partial charge in [0.15, 0.2) is 11.5 Å². The van der Waals surface area contributed by atoms with E-state index in [-0.39, 0.29) is 23.6 Å². The molecule has 0 aromatic carbocycles. The third kappa shape index (κ3) is 6.56. The number of ether oxygens (including phenoxy) is 1. The van der Waals surface area contributed by atoms with Crippen LogP contribution in [0.1, 0.15) is 47.5 Å². The molecule has 0 bridgehead atoms. The minimum Gasteiger partial charge on any atom is -0.487 e. The number of ketones is 1. The van der Waals surface area contributed by atoms with Crippen molar-refractivity contribution in [3.63, 3.8) is 0 Å². The van der Waals surface area contributed by atoms with Crippen LogP contribution in [0, 0.1) is 5.92 Å². The van der Waals surface area contributed by atoms with Crippen molar-refractivity contribution in [2.45, 2.75) is 59.6 Å². The summed E-state index contributed by atoms with van der Waals surface area (Å²) in [4.78, 5) is 11.6. The monoisotopic (exact) mass is 309 g/mol. The maximum absolute atomic E-state index is 13.9. The molecule has 0 saturated heterocycles. The Morgan fingerprint density at radius 1 is 1.32 bits per heavy atom. The van der Waals surface area contributed by atoms with Gasteiger partial charge in [-0.2, -0.15) is 0 Å². The number of allylic oxidation sites excluding steroid dienone is 5. The number of carbonyl (C=O) groups excluding carboxylic acids is 1. The minimum absolute atomic E-state index is 0.0226. The van der Waals surface area contributed by atoms with E-state index in [1.54, 1.807) is 18.2 Å². The van der Waals surface area contributed by atoms with Gasteiger partial charge in [0.1, 0.15) is 11.9 Å². The van der Waals surface area contributed by atoms with Gasteiger partial charge in [-0.05, 0) is 31.1 Å². The summed E-state index contributed by atoms with van der Waals surface area (Å²) < 4.78 is 19.6. The first kappa shape index (κ1) is 18.6. The summed E-state index contributed by atoms with van der Waals surface area (Å²) in [5, 5.41) is 3.26. The molecular weight excluding hydrogens is 281 g/mol. The van der Waals surface area contributed by atoms with Crippen molar-refractivity contribution in [2.75, 3.05) is 6.54 Å². The second kappa shape index (κ2) is 8.89. The maximum atomic E-state index is 13.9. The van der Waals surface area contributed by atoms with Crippen molar-refractivity contribution in [1.82, 2.24) is 5.32 Å². The van der Waals surface area contributed by atoms with E-state index in [0.29, 0.717) is 31.2 Å². The van der Waals surface area contributed by atoms with Crippen LogP contribution in [0.3, 0.4) is 0 Å². The fourth-order valence-electron chi connectivity index (χ4n) is 1.97. The van der Waals surface area contributed by atoms with Gasteiger partial charge < -0.3 is 10.1 Å². The lowest BCUT2D eigenvalue weighted by Crippen LogP contribution is -2.31. The van der Waals surface area contributed by atoms with Crippen LogP contribution in [0.15, 0.2) is 35.4 Å². The Hall–Kier alpha value is -1.42. The summed E-state index contributed by atoms with van der Waals surface area (Å²) in [6.07, 6.45) is 5.86. The van der Waals surface area contributed by atoms with Crippen LogP contribution in [0.4, 0.5) is 4.39 Å². The van der Waals surface area contributed by atoms with E-state index in [9.17, 15) is 9.18 Å². The van der Waals surface area contributed by atoms with Gasteiger partial charge in [-0.1, -0.05) is 33.8 Å². The Kier molecular flexibility index (Phi) is 7.52. The van der Waals surface area contributed by atoms with Crippen LogP contribution in [-0.2, 0) is 9.53 Å². The van der Waals surface area contributed by atoms with E-state index in [1.807, 2.05) is 20.8 Å². The molecule has 1 N–H and O–H groups in total. The molecule has 0 amide bonds. The van der Waals surface area contributed by atoms with E-state index in [4.69, 9.17) is 4.74 Å². The summed E-state index contributed by atoms with van der Waals surface area (Å²) in [5.41, 5.74) is 0.925. The zero-order valence-electron chi connectivity index (χ0n) is 14.3. The number of hydrogen-bond acceptors (Lipinski definition) is 3. The number of nitrogens with one attached hydrogen (secondary N) is 1. The Labute approximate surface area is 133 Å². The van der Waals surface area contributed by atoms with Crippen LogP contribution < -0.4 is 5.32 Å². The number of rotatable bonds is 8. The summed E-state index contributed by atoms with van der Waals surface area (Å²) in [5.74, 6) is 0.128. The standard InChI is InChI=1S/C18H28FNO2/c1-12(2)17(21)9-7-15-6-8-16(19)18(10-15)22-14(5)11-20-13(3)4/h7,9-10,12-14,20H,6,8,11H2,1-5H3/b9-7+/t14-/m1/s1. The highest BCUT2D eigenvalue weighted by molar-refractivity contribution is 5.91. The fraction of sp³-hybridized carbons (Fsp3) is 0.611. The average molecular weight is 309 g/mol. The predicted octanol–water partition coefficient (Wildman–Crippen LogP) is 4.07. The maximum Gasteiger partial charge on any atom is 0.158 e. The van der Waals surface area contributed by atoms with E-state index in [2.05, 4.69) is 19.2 Å². The van der Waals surface area contributed by atoms with Crippen molar-refractivity contribution >= 4 is 5.78 Å². The summed E-state index contributed by atoms with van der Waals surface area (Å²) >= 11 is 0. The van der Waals surface area contributed by atoms with Gasteiger partial charge in [-0.3, -0.25) is 4.79 Å². The van der Waals surface area contributed by atoms with E-state index in [0.717, 1.165) is 5.57 Å². The fourth-order valence-corrected chi connectivity index (χ4v) is 1.97. The molecule has 0 aliphatic heterocycles. The van der Waals surface area contributed by atoms with Crippen LogP contribution in [0.25, 0.3) is 0 Å². The molecule has 0 heterocycles. The Balaban J connectivity index is 2.67. The summed E-state index contributed by atoms with van der Waals surface area (Å²) in [6, 6.07) is 0.368. The van der Waals surface area contributed by atoms with E-state index >= 15 is 0 Å². The van der Waals surface area contributed by atoms with Crippen molar-refractivity contribution in [3.05, 3.63) is 35.4 Å². The first-order valence-electron chi connectivity index (χ1n) is 8.00. The molecular formula is C18H28FNO2. The lowest BCUT2D eigenvalue weighted by atomic mass is 10.0. The van der Waals surface area contributed by atoms with E-state index < -0.39 is 0 Å². The molecule has 124 valence electrons. The highest BCUT2D eigenvalue weighted by atomic mass is 19.1. The third-order valence-corrected chi connectivity index (χ3v) is 3.39. The molecule has 4 heteroatoms. The first-order valence-corrected chi connectivity index (χ1v) is 8.00. The predicted molar refractivity (Wildman–Crippen MR) is 88.1 cm³/mol. The molecule has 1 rings (SSSR count). The highest BCUT2D eigenvalue weighted by Gasteiger charge is 2.16. The zero-order valence-corrected chi connectivity index (χ0v) is 14.3. The lowest BCUT2D eigenvalue weighted by molar-refractivity contribution is -0.117. The molecule has 1 atom stereocenters. The number of hydrogen-bond donors (Lipinski definition) is 1. The SMILES string of the molecule is CC(C)NC[C@@H](C)OC1=C(F)CCC(/C=C/C(=O)C(C)C)=C1. The van der Waals surface area contributed by atoms with Gasteiger partial charge in [-0.15, -0.1) is 0 Å². The smallest absolute Gasteiger partial charge is 0.158 e. The Morgan fingerprint density at radius 3 is 2.59 bits per heavy atom. The second-order valence-corrected chi connectivity index (χ2v) is 6.37. The molecule has 1 aliphatic rings. The van der Waals surface area contributed by atoms with Gasteiger partial charge >= 0.3 is 0 Å². The Morgan fingerprint density at radius 2 is 2.00 bits per heavy atom. The van der Waals surface area contributed by atoms with Gasteiger partial charge in [0.2, 0.25) is 0 Å². The van der Waals surface area contributed by atoms with Crippen LogP contribution >= 0.6 is 0 Å². The topological polar surface area (TPSA) is 38.3 Å². The first-order chi connectivity index (χ1) is 10.3. The molecule has 22 heavy (non-hydrogen) atoms. The molecule has 0 unspecified atom stereocenters. The van der Waals surface area contributed by atoms with Gasteiger partial charge in [-0.25, -0.2) is 4.39 Å². The van der Waals surface area contributed by atoms with E-state index in [1.165, 1.54) is 0 Å². The molecule has 0 saturated carbocycles. The Bertz CT molecular complexity index is 475. The lowest BCUT2D eigenvalue weighted by Gasteiger charge is -2.21.